The molecule has 0 radical (unpaired) electrons. The molecule has 0 heterocycles. The standard InChI is InChI=1S/C5H5.C4H9O.4CH3.Ti/c1-2-4-5-3-1;1-3-4-5-2;;;;;/h1-3H,4H2;4H,3H2,1-2H3;4*1H3;. The zero-order valence-corrected chi connectivity index (χ0v) is 12.7. The molecule has 1 unspecified atom stereocenters. The summed E-state index contributed by atoms with van der Waals surface area (Å²) in [6.07, 6.45) is 9.03. The van der Waals surface area contributed by atoms with Gasteiger partial charge in [0.1, 0.15) is 0 Å². The van der Waals surface area contributed by atoms with E-state index in [0.717, 1.165) is 12.8 Å². The molecule has 0 fully saturated rings. The Hall–Kier alpha value is 0.154. The van der Waals surface area contributed by atoms with E-state index >= 15 is 0 Å². The van der Waals surface area contributed by atoms with E-state index in [1.165, 1.54) is 0 Å². The van der Waals surface area contributed by atoms with E-state index in [1.54, 1.807) is 3.88 Å². The van der Waals surface area contributed by atoms with Crippen molar-refractivity contribution in [1.29, 1.82) is 0 Å². The maximum absolute atomic E-state index is 5.80. The Morgan fingerprint density at radius 2 is 1.93 bits per heavy atom. The van der Waals surface area contributed by atoms with Crippen LogP contribution in [0.1, 0.15) is 19.8 Å². The Labute approximate surface area is 93.0 Å². The van der Waals surface area contributed by atoms with Gasteiger partial charge in [0.15, 0.2) is 0 Å². The molecule has 1 aliphatic carbocycles. The van der Waals surface area contributed by atoms with E-state index in [9.17, 15) is 0 Å². The summed E-state index contributed by atoms with van der Waals surface area (Å²) in [6.45, 7) is 2.24. The molecule has 0 aromatic heterocycles. The second kappa shape index (κ2) is 3.32. The second-order valence-corrected chi connectivity index (χ2v) is 26.3. The van der Waals surface area contributed by atoms with Crippen LogP contribution in [0.3, 0.4) is 0 Å². The third-order valence-corrected chi connectivity index (χ3v) is 15.0. The monoisotopic (exact) mass is 246 g/mol. The van der Waals surface area contributed by atoms with E-state index in [4.69, 9.17) is 4.74 Å². The summed E-state index contributed by atoms with van der Waals surface area (Å²) in [4.78, 5) is 0. The summed E-state index contributed by atoms with van der Waals surface area (Å²) in [5, 5.41) is 9.99. The molecular formula is C13H26OTi. The van der Waals surface area contributed by atoms with Crippen LogP contribution in [0, 0.1) is 0 Å². The molecule has 2 heteroatoms. The molecule has 0 aromatic rings. The maximum atomic E-state index is 5.80. The predicted octanol–water partition coefficient (Wildman–Crippen LogP) is 4.63. The molecule has 1 atom stereocenters. The van der Waals surface area contributed by atoms with Crippen LogP contribution in [-0.2, 0) is 18.8 Å². The van der Waals surface area contributed by atoms with E-state index in [2.05, 4.69) is 46.1 Å². The first kappa shape index (κ1) is 13.2. The average Bonchev–Trinajstić information content (AvgIpc) is 2.55. The van der Waals surface area contributed by atoms with Gasteiger partial charge in [0.2, 0.25) is 0 Å². The first-order valence-corrected chi connectivity index (χ1v) is 13.9. The number of methoxy groups -OCH3 is 1. The fraction of sp³-hybridized carbons (Fsp3) is 0.692. The number of ether oxygens (including phenoxy) is 1. The topological polar surface area (TPSA) is 9.23 Å². The van der Waals surface area contributed by atoms with Crippen LogP contribution >= 0.6 is 0 Å². The van der Waals surface area contributed by atoms with Crippen molar-refractivity contribution in [3.8, 4) is 0 Å². The van der Waals surface area contributed by atoms with Gasteiger partial charge in [-0.15, -0.1) is 0 Å². The molecule has 0 saturated carbocycles. The second-order valence-electron chi connectivity index (χ2n) is 7.76. The molecule has 0 bridgehead atoms. The summed E-state index contributed by atoms with van der Waals surface area (Å²) in [6, 6.07) is 0. The van der Waals surface area contributed by atoms with Crippen LogP contribution in [0.5, 0.6) is 0 Å². The van der Waals surface area contributed by atoms with Crippen LogP contribution in [-0.4, -0.2) is 11.5 Å². The molecular weight excluding hydrogens is 220 g/mol. The van der Waals surface area contributed by atoms with Gasteiger partial charge >= 0.3 is 93.1 Å². The molecule has 0 aromatic carbocycles. The fourth-order valence-electron chi connectivity index (χ4n) is 3.12. The average molecular weight is 246 g/mol. The van der Waals surface area contributed by atoms with Gasteiger partial charge < -0.3 is 0 Å². The first-order chi connectivity index (χ1) is 6.65. The van der Waals surface area contributed by atoms with E-state index in [1.807, 2.05) is 7.11 Å². The van der Waals surface area contributed by atoms with Gasteiger partial charge in [0.05, 0.1) is 0 Å². The molecule has 15 heavy (non-hydrogen) atoms. The van der Waals surface area contributed by atoms with Crippen LogP contribution in [0.25, 0.3) is 0 Å². The Morgan fingerprint density at radius 3 is 2.27 bits per heavy atom. The first-order valence-electron chi connectivity index (χ1n) is 6.02. The van der Waals surface area contributed by atoms with Crippen molar-refractivity contribution in [1.82, 2.24) is 0 Å². The van der Waals surface area contributed by atoms with Gasteiger partial charge in [-0.25, -0.2) is 0 Å². The van der Waals surface area contributed by atoms with Crippen molar-refractivity contribution in [2.24, 2.45) is 0 Å². The number of allylic oxidation sites excluding steroid dienone is 4. The molecule has 1 rings (SSSR count). The molecule has 0 amide bonds. The van der Waals surface area contributed by atoms with Gasteiger partial charge in [-0.2, -0.15) is 0 Å². The third-order valence-electron chi connectivity index (χ3n) is 4.35. The summed E-state index contributed by atoms with van der Waals surface area (Å²) < 4.78 is 7.85. The van der Waals surface area contributed by atoms with E-state index in [-0.39, 0.29) is 0 Å². The van der Waals surface area contributed by atoms with Crippen LogP contribution in [0.4, 0.5) is 0 Å². The zero-order valence-electron chi connectivity index (χ0n) is 11.1. The Bertz CT molecular complexity index is 311. The van der Waals surface area contributed by atoms with Crippen LogP contribution < -0.4 is 0 Å². The van der Waals surface area contributed by atoms with Crippen molar-refractivity contribution in [3.63, 3.8) is 0 Å². The van der Waals surface area contributed by atoms with Gasteiger partial charge in [0.25, 0.3) is 0 Å². The number of hydrogen-bond acceptors (Lipinski definition) is 1. The van der Waals surface area contributed by atoms with Gasteiger partial charge in [-0.3, -0.25) is 0 Å². The summed E-state index contributed by atoms with van der Waals surface area (Å²) in [5.41, 5.74) is 0. The summed E-state index contributed by atoms with van der Waals surface area (Å²) in [5.74, 6) is 0. The van der Waals surface area contributed by atoms with Gasteiger partial charge in [-0.05, 0) is 0 Å². The molecule has 0 N–H and O–H groups in total. The number of rotatable bonds is 4. The Balaban J connectivity index is 3.24. The summed E-state index contributed by atoms with van der Waals surface area (Å²) in [7, 11) is 1.86. The SMILES string of the molecule is CC[CH](OC)[Ti]([CH3])([CH3])([CH3])([CH3])[C]1=CC=CC1. The molecule has 0 spiro atoms. The van der Waals surface area contributed by atoms with Crippen LogP contribution in [0.2, 0.25) is 20.9 Å². The summed E-state index contributed by atoms with van der Waals surface area (Å²) >= 11 is -3.13. The van der Waals surface area contributed by atoms with E-state index in [0.29, 0.717) is 4.41 Å². The number of hydrogen-bond donors (Lipinski definition) is 0. The zero-order chi connectivity index (χ0) is 11.8. The normalized spacial score (nSPS) is 23.2. The predicted molar refractivity (Wildman–Crippen MR) is 66.4 cm³/mol. The van der Waals surface area contributed by atoms with E-state index < -0.39 is 14.0 Å². The Morgan fingerprint density at radius 1 is 1.33 bits per heavy atom. The molecule has 0 aliphatic heterocycles. The molecule has 1 aliphatic rings. The quantitative estimate of drug-likeness (QED) is 0.657. The van der Waals surface area contributed by atoms with Gasteiger partial charge in [-0.1, -0.05) is 0 Å². The van der Waals surface area contributed by atoms with Crippen molar-refractivity contribution in [3.05, 3.63) is 22.1 Å². The molecule has 88 valence electrons. The molecule has 0 saturated heterocycles. The van der Waals surface area contributed by atoms with Crippen molar-refractivity contribution in [2.75, 3.05) is 7.11 Å². The van der Waals surface area contributed by atoms with Crippen LogP contribution in [0.15, 0.2) is 22.1 Å². The fourth-order valence-corrected chi connectivity index (χ4v) is 11.3. The minimum absolute atomic E-state index is 0.413. The minimum atomic E-state index is -3.13. The van der Waals surface area contributed by atoms with Crippen molar-refractivity contribution < 1.29 is 18.8 Å². The Kier molecular flexibility index (Phi) is 2.93. The molecule has 1 nitrogen and oxygen atoms in total. The van der Waals surface area contributed by atoms with Gasteiger partial charge in [0, 0.05) is 0 Å². The van der Waals surface area contributed by atoms with Crippen molar-refractivity contribution >= 4 is 0 Å². The third kappa shape index (κ3) is 2.15. The van der Waals surface area contributed by atoms with Crippen molar-refractivity contribution in [2.45, 2.75) is 45.1 Å².